The summed E-state index contributed by atoms with van der Waals surface area (Å²) in [6.45, 7) is 5.00. The van der Waals surface area contributed by atoms with Gasteiger partial charge in [-0.3, -0.25) is 0 Å². The molecule has 3 N–H and O–H groups in total. The van der Waals surface area contributed by atoms with Gasteiger partial charge in [0.25, 0.3) is 0 Å². The zero-order valence-electron chi connectivity index (χ0n) is 12.8. The largest absolute Gasteiger partial charge is 0.490 e. The van der Waals surface area contributed by atoms with Crippen LogP contribution in [0.3, 0.4) is 0 Å². The standard InChI is InChI=1S/C17H20ClN3O/c1-12-7-8-14(11-13(12)2)21-17(19)20-9-10-22-16-6-4-3-5-15(16)18/h3-8,11H,9-10H2,1-2H3,(H3,19,20,21). The van der Waals surface area contributed by atoms with E-state index in [2.05, 4.69) is 24.2 Å². The molecular formula is C17H20ClN3O. The molecule has 0 fully saturated rings. The van der Waals surface area contributed by atoms with E-state index in [4.69, 9.17) is 22.1 Å². The fourth-order valence-electron chi connectivity index (χ4n) is 1.89. The van der Waals surface area contributed by atoms with Gasteiger partial charge in [0.1, 0.15) is 12.4 Å². The number of hydrogen-bond acceptors (Lipinski definition) is 2. The van der Waals surface area contributed by atoms with Gasteiger partial charge in [0, 0.05) is 5.69 Å². The third-order valence-corrected chi connectivity index (χ3v) is 3.56. The first-order valence-corrected chi connectivity index (χ1v) is 7.45. The molecule has 0 saturated heterocycles. The van der Waals surface area contributed by atoms with E-state index in [9.17, 15) is 0 Å². The average Bonchev–Trinajstić information content (AvgIpc) is 2.49. The maximum absolute atomic E-state index is 6.00. The predicted octanol–water partition coefficient (Wildman–Crippen LogP) is 3.76. The van der Waals surface area contributed by atoms with Gasteiger partial charge in [-0.15, -0.1) is 0 Å². The third-order valence-electron chi connectivity index (χ3n) is 3.25. The highest BCUT2D eigenvalue weighted by molar-refractivity contribution is 6.32. The van der Waals surface area contributed by atoms with Gasteiger partial charge >= 0.3 is 0 Å². The monoisotopic (exact) mass is 317 g/mol. The molecule has 0 heterocycles. The van der Waals surface area contributed by atoms with Crippen LogP contribution in [-0.2, 0) is 0 Å². The smallest absolute Gasteiger partial charge is 0.193 e. The lowest BCUT2D eigenvalue weighted by Crippen LogP contribution is -2.23. The van der Waals surface area contributed by atoms with Gasteiger partial charge in [-0.2, -0.15) is 0 Å². The minimum atomic E-state index is 0.367. The van der Waals surface area contributed by atoms with Crippen molar-refractivity contribution in [1.29, 1.82) is 0 Å². The maximum Gasteiger partial charge on any atom is 0.193 e. The number of aliphatic imine (C=N–C) groups is 1. The number of ether oxygens (including phenoxy) is 1. The Morgan fingerprint density at radius 3 is 2.68 bits per heavy atom. The summed E-state index contributed by atoms with van der Waals surface area (Å²) in [6.07, 6.45) is 0. The molecule has 0 spiro atoms. The van der Waals surface area contributed by atoms with Gasteiger partial charge < -0.3 is 15.8 Å². The van der Waals surface area contributed by atoms with E-state index in [0.717, 1.165) is 5.69 Å². The molecular weight excluding hydrogens is 298 g/mol. The van der Waals surface area contributed by atoms with E-state index in [1.807, 2.05) is 36.4 Å². The zero-order valence-corrected chi connectivity index (χ0v) is 13.5. The first-order chi connectivity index (χ1) is 10.6. The molecule has 2 aromatic rings. The van der Waals surface area contributed by atoms with Crippen LogP contribution in [0.25, 0.3) is 0 Å². The zero-order chi connectivity index (χ0) is 15.9. The van der Waals surface area contributed by atoms with Crippen molar-refractivity contribution in [2.24, 2.45) is 10.7 Å². The molecule has 0 aliphatic carbocycles. The van der Waals surface area contributed by atoms with Crippen LogP contribution in [0.1, 0.15) is 11.1 Å². The number of anilines is 1. The van der Waals surface area contributed by atoms with Gasteiger partial charge in [-0.05, 0) is 49.2 Å². The number of para-hydroxylation sites is 1. The fraction of sp³-hybridized carbons (Fsp3) is 0.235. The second-order valence-electron chi connectivity index (χ2n) is 4.97. The molecule has 0 aliphatic heterocycles. The van der Waals surface area contributed by atoms with Crippen LogP contribution in [0, 0.1) is 13.8 Å². The number of rotatable bonds is 5. The summed E-state index contributed by atoms with van der Waals surface area (Å²) >= 11 is 6.00. The first kappa shape index (κ1) is 16.2. The molecule has 0 unspecified atom stereocenters. The summed E-state index contributed by atoms with van der Waals surface area (Å²) in [5.74, 6) is 1.02. The molecule has 2 rings (SSSR count). The maximum atomic E-state index is 6.00. The molecule has 0 bridgehead atoms. The van der Waals surface area contributed by atoms with E-state index in [0.29, 0.717) is 29.9 Å². The summed E-state index contributed by atoms with van der Waals surface area (Å²) in [5, 5.41) is 3.66. The Morgan fingerprint density at radius 2 is 1.95 bits per heavy atom. The Hall–Kier alpha value is -2.20. The Bertz CT molecular complexity index is 671. The van der Waals surface area contributed by atoms with Crippen molar-refractivity contribution in [2.75, 3.05) is 18.5 Å². The number of aryl methyl sites for hydroxylation is 2. The lowest BCUT2D eigenvalue weighted by Gasteiger charge is -2.09. The summed E-state index contributed by atoms with van der Waals surface area (Å²) in [5.41, 5.74) is 9.24. The minimum absolute atomic E-state index is 0.367. The second-order valence-corrected chi connectivity index (χ2v) is 5.38. The number of halogens is 1. The van der Waals surface area contributed by atoms with Crippen molar-refractivity contribution in [3.05, 3.63) is 58.6 Å². The lowest BCUT2D eigenvalue weighted by molar-refractivity contribution is 0.329. The Kier molecular flexibility index (Phi) is 5.67. The highest BCUT2D eigenvalue weighted by Gasteiger charge is 2.00. The number of benzene rings is 2. The SMILES string of the molecule is Cc1ccc(NC(N)=NCCOc2ccccc2Cl)cc1C. The molecule has 5 heteroatoms. The average molecular weight is 318 g/mol. The summed E-state index contributed by atoms with van der Waals surface area (Å²) in [6, 6.07) is 13.4. The Morgan fingerprint density at radius 1 is 1.18 bits per heavy atom. The van der Waals surface area contributed by atoms with Gasteiger partial charge in [-0.1, -0.05) is 29.8 Å². The predicted molar refractivity (Wildman–Crippen MR) is 93.0 cm³/mol. The number of nitrogens with one attached hydrogen (secondary N) is 1. The highest BCUT2D eigenvalue weighted by Crippen LogP contribution is 2.22. The number of nitrogens with zero attached hydrogens (tertiary/aromatic N) is 1. The van der Waals surface area contributed by atoms with Crippen LogP contribution < -0.4 is 15.8 Å². The summed E-state index contributed by atoms with van der Waals surface area (Å²) < 4.78 is 5.55. The fourth-order valence-corrected chi connectivity index (χ4v) is 2.08. The van der Waals surface area contributed by atoms with Gasteiger partial charge in [-0.25, -0.2) is 4.99 Å². The lowest BCUT2D eigenvalue weighted by atomic mass is 10.1. The van der Waals surface area contributed by atoms with E-state index in [1.54, 1.807) is 6.07 Å². The minimum Gasteiger partial charge on any atom is -0.490 e. The van der Waals surface area contributed by atoms with Crippen molar-refractivity contribution in [3.63, 3.8) is 0 Å². The van der Waals surface area contributed by atoms with E-state index >= 15 is 0 Å². The highest BCUT2D eigenvalue weighted by atomic mass is 35.5. The Balaban J connectivity index is 1.82. The van der Waals surface area contributed by atoms with Crippen molar-refractivity contribution in [3.8, 4) is 5.75 Å². The molecule has 0 saturated carbocycles. The van der Waals surface area contributed by atoms with E-state index < -0.39 is 0 Å². The molecule has 0 atom stereocenters. The number of guanidine groups is 1. The van der Waals surface area contributed by atoms with Crippen LogP contribution in [0.4, 0.5) is 5.69 Å². The quantitative estimate of drug-likeness (QED) is 0.501. The van der Waals surface area contributed by atoms with Gasteiger partial charge in [0.05, 0.1) is 11.6 Å². The van der Waals surface area contributed by atoms with Gasteiger partial charge in [0.2, 0.25) is 0 Å². The molecule has 22 heavy (non-hydrogen) atoms. The number of hydrogen-bond donors (Lipinski definition) is 2. The van der Waals surface area contributed by atoms with Crippen molar-refractivity contribution >= 4 is 23.2 Å². The van der Waals surface area contributed by atoms with Crippen LogP contribution in [0.5, 0.6) is 5.75 Å². The molecule has 0 amide bonds. The second kappa shape index (κ2) is 7.71. The van der Waals surface area contributed by atoms with E-state index in [1.165, 1.54) is 11.1 Å². The molecule has 2 aromatic carbocycles. The topological polar surface area (TPSA) is 59.6 Å². The molecule has 0 aromatic heterocycles. The first-order valence-electron chi connectivity index (χ1n) is 7.08. The molecule has 4 nitrogen and oxygen atoms in total. The Labute approximate surface area is 136 Å². The van der Waals surface area contributed by atoms with Crippen molar-refractivity contribution in [2.45, 2.75) is 13.8 Å². The molecule has 0 aliphatic rings. The number of nitrogens with two attached hydrogens (primary N) is 1. The molecule has 116 valence electrons. The van der Waals surface area contributed by atoms with Crippen LogP contribution in [0.2, 0.25) is 5.02 Å². The van der Waals surface area contributed by atoms with Gasteiger partial charge in [0.15, 0.2) is 5.96 Å². The van der Waals surface area contributed by atoms with Crippen molar-refractivity contribution < 1.29 is 4.74 Å². The van der Waals surface area contributed by atoms with Crippen LogP contribution in [-0.4, -0.2) is 19.1 Å². The normalized spacial score (nSPS) is 11.3. The van der Waals surface area contributed by atoms with Crippen molar-refractivity contribution in [1.82, 2.24) is 0 Å². The van der Waals surface area contributed by atoms with Crippen LogP contribution >= 0.6 is 11.6 Å². The summed E-state index contributed by atoms with van der Waals surface area (Å²) in [4.78, 5) is 4.23. The third kappa shape index (κ3) is 4.67. The van der Waals surface area contributed by atoms with E-state index in [-0.39, 0.29) is 0 Å². The summed E-state index contributed by atoms with van der Waals surface area (Å²) in [7, 11) is 0. The van der Waals surface area contributed by atoms with Crippen LogP contribution in [0.15, 0.2) is 47.5 Å². The molecule has 0 radical (unpaired) electrons.